The molecule has 5 heteroatoms. The monoisotopic (exact) mass is 240 g/mol. The van der Waals surface area contributed by atoms with Gasteiger partial charge in [0, 0.05) is 12.5 Å². The van der Waals surface area contributed by atoms with E-state index in [9.17, 15) is 14.4 Å². The first-order valence-corrected chi connectivity index (χ1v) is 5.54. The molecule has 94 valence electrons. The third-order valence-electron chi connectivity index (χ3n) is 2.81. The first-order valence-electron chi connectivity index (χ1n) is 5.54. The second kappa shape index (κ2) is 5.61. The normalized spacial score (nSPS) is 24.0. The number of hydrogen-bond donors (Lipinski definition) is 0. The zero-order valence-corrected chi connectivity index (χ0v) is 10.0. The van der Waals surface area contributed by atoms with E-state index in [1.54, 1.807) is 6.92 Å². The predicted molar refractivity (Wildman–Crippen MR) is 59.1 cm³/mol. The minimum atomic E-state index is -1.29. The second-order valence-corrected chi connectivity index (χ2v) is 3.83. The number of Topliss-reactive ketones (excluding diaryl/α,β-unsaturated/α-hetero) is 1. The summed E-state index contributed by atoms with van der Waals surface area (Å²) in [5.41, 5.74) is -1.29. The topological polar surface area (TPSA) is 69.7 Å². The summed E-state index contributed by atoms with van der Waals surface area (Å²) >= 11 is 0. The van der Waals surface area contributed by atoms with Gasteiger partial charge in [0.25, 0.3) is 0 Å². The van der Waals surface area contributed by atoms with Crippen LogP contribution in [0.2, 0.25) is 0 Å². The molecule has 1 atom stereocenters. The van der Waals surface area contributed by atoms with E-state index < -0.39 is 17.4 Å². The fraction of sp³-hybridized carbons (Fsp3) is 0.583. The number of hydrogen-bond acceptors (Lipinski definition) is 5. The van der Waals surface area contributed by atoms with Gasteiger partial charge in [0.15, 0.2) is 5.78 Å². The number of ether oxygens (including phenoxy) is 2. The number of rotatable bonds is 4. The molecule has 1 rings (SSSR count). The Balaban J connectivity index is 2.89. The second-order valence-electron chi connectivity index (χ2n) is 3.83. The molecule has 0 heterocycles. The smallest absolute Gasteiger partial charge is 0.330 e. The van der Waals surface area contributed by atoms with E-state index in [1.807, 2.05) is 0 Å². The third-order valence-corrected chi connectivity index (χ3v) is 2.81. The molecule has 0 bridgehead atoms. The van der Waals surface area contributed by atoms with Crippen molar-refractivity contribution in [3.05, 3.63) is 12.2 Å². The molecule has 5 nitrogen and oxygen atoms in total. The van der Waals surface area contributed by atoms with Crippen LogP contribution in [0.4, 0.5) is 0 Å². The maximum Gasteiger partial charge on any atom is 0.330 e. The summed E-state index contributed by atoms with van der Waals surface area (Å²) in [5.74, 6) is -1.37. The van der Waals surface area contributed by atoms with Crippen LogP contribution in [-0.4, -0.2) is 31.4 Å². The van der Waals surface area contributed by atoms with Gasteiger partial charge in [0.1, 0.15) is 5.41 Å². The molecule has 1 aliphatic rings. The van der Waals surface area contributed by atoms with Gasteiger partial charge in [0.05, 0.1) is 13.7 Å². The fourth-order valence-electron chi connectivity index (χ4n) is 1.93. The quantitative estimate of drug-likeness (QED) is 0.417. The molecule has 0 aromatic carbocycles. The van der Waals surface area contributed by atoms with Crippen molar-refractivity contribution >= 4 is 17.7 Å². The summed E-state index contributed by atoms with van der Waals surface area (Å²) in [6.45, 7) is 1.94. The summed E-state index contributed by atoms with van der Waals surface area (Å²) in [6, 6.07) is 0. The lowest BCUT2D eigenvalue weighted by Gasteiger charge is -2.19. The van der Waals surface area contributed by atoms with Gasteiger partial charge in [-0.25, -0.2) is 4.79 Å². The molecule has 0 aromatic rings. The largest absolute Gasteiger partial charge is 0.468 e. The molecule has 0 saturated heterocycles. The molecule has 0 spiro atoms. The first kappa shape index (κ1) is 13.4. The van der Waals surface area contributed by atoms with Crippen molar-refractivity contribution in [1.29, 1.82) is 0 Å². The Morgan fingerprint density at radius 2 is 2.18 bits per heavy atom. The van der Waals surface area contributed by atoms with E-state index in [-0.39, 0.29) is 12.4 Å². The van der Waals surface area contributed by atoms with Crippen LogP contribution in [0.15, 0.2) is 12.2 Å². The lowest BCUT2D eigenvalue weighted by Crippen LogP contribution is -2.34. The maximum absolute atomic E-state index is 11.8. The molecule has 1 unspecified atom stereocenters. The molecule has 1 saturated carbocycles. The van der Waals surface area contributed by atoms with Crippen molar-refractivity contribution in [3.8, 4) is 0 Å². The van der Waals surface area contributed by atoms with Gasteiger partial charge in [-0.3, -0.25) is 9.59 Å². The zero-order valence-electron chi connectivity index (χ0n) is 10.0. The molecule has 0 aliphatic heterocycles. The van der Waals surface area contributed by atoms with Gasteiger partial charge >= 0.3 is 11.9 Å². The van der Waals surface area contributed by atoms with E-state index in [0.717, 1.165) is 6.08 Å². The highest BCUT2D eigenvalue weighted by Gasteiger charge is 2.47. The van der Waals surface area contributed by atoms with Gasteiger partial charge in [-0.05, 0) is 19.8 Å². The van der Waals surface area contributed by atoms with Gasteiger partial charge < -0.3 is 9.47 Å². The predicted octanol–water partition coefficient (Wildman–Crippen LogP) is 1.02. The molecular formula is C12H16O5. The van der Waals surface area contributed by atoms with Crippen LogP contribution in [0, 0.1) is 5.41 Å². The van der Waals surface area contributed by atoms with Crippen molar-refractivity contribution < 1.29 is 23.9 Å². The van der Waals surface area contributed by atoms with E-state index in [1.165, 1.54) is 13.2 Å². The molecule has 17 heavy (non-hydrogen) atoms. The number of ketones is 1. The standard InChI is InChI=1S/C12H16O5/c1-3-17-10(14)6-8-12(11(15)16-2)7-4-5-9(12)13/h6,8H,3-5,7H2,1-2H3/b8-6+. The molecular weight excluding hydrogens is 224 g/mol. The molecule has 0 N–H and O–H groups in total. The minimum absolute atomic E-state index is 0.204. The zero-order chi connectivity index (χ0) is 12.9. The van der Waals surface area contributed by atoms with E-state index >= 15 is 0 Å². The Hall–Kier alpha value is -1.65. The highest BCUT2D eigenvalue weighted by atomic mass is 16.5. The van der Waals surface area contributed by atoms with Crippen molar-refractivity contribution in [2.45, 2.75) is 26.2 Å². The molecule has 0 aromatic heterocycles. The fourth-order valence-corrected chi connectivity index (χ4v) is 1.93. The van der Waals surface area contributed by atoms with Gasteiger partial charge in [-0.2, -0.15) is 0 Å². The van der Waals surface area contributed by atoms with Crippen molar-refractivity contribution in [3.63, 3.8) is 0 Å². The van der Waals surface area contributed by atoms with Crippen LogP contribution >= 0.6 is 0 Å². The van der Waals surface area contributed by atoms with E-state index in [2.05, 4.69) is 4.74 Å². The summed E-state index contributed by atoms with van der Waals surface area (Å²) in [4.78, 5) is 34.6. The molecule has 0 amide bonds. The van der Waals surface area contributed by atoms with Gasteiger partial charge in [-0.15, -0.1) is 0 Å². The van der Waals surface area contributed by atoms with E-state index in [4.69, 9.17) is 4.74 Å². The number of esters is 2. The summed E-state index contributed by atoms with van der Waals surface area (Å²) in [6.07, 6.45) is 3.79. The Kier molecular flexibility index (Phi) is 4.43. The third kappa shape index (κ3) is 2.72. The van der Waals surface area contributed by atoms with Gasteiger partial charge in [-0.1, -0.05) is 6.08 Å². The molecule has 1 aliphatic carbocycles. The van der Waals surface area contributed by atoms with Crippen molar-refractivity contribution in [1.82, 2.24) is 0 Å². The minimum Gasteiger partial charge on any atom is -0.468 e. The number of carbonyl (C=O) groups is 3. The lowest BCUT2D eigenvalue weighted by molar-refractivity contribution is -0.153. The van der Waals surface area contributed by atoms with Crippen molar-refractivity contribution in [2.75, 3.05) is 13.7 Å². The highest BCUT2D eigenvalue weighted by Crippen LogP contribution is 2.37. The lowest BCUT2D eigenvalue weighted by atomic mass is 9.85. The maximum atomic E-state index is 11.8. The Labute approximate surface area is 99.8 Å². The highest BCUT2D eigenvalue weighted by molar-refractivity contribution is 6.07. The molecule has 1 fully saturated rings. The van der Waals surface area contributed by atoms with Crippen LogP contribution in [0.5, 0.6) is 0 Å². The Morgan fingerprint density at radius 1 is 1.47 bits per heavy atom. The van der Waals surface area contributed by atoms with Crippen LogP contribution in [0.3, 0.4) is 0 Å². The average molecular weight is 240 g/mol. The summed E-state index contributed by atoms with van der Waals surface area (Å²) < 4.78 is 9.34. The van der Waals surface area contributed by atoms with Gasteiger partial charge in [0.2, 0.25) is 0 Å². The first-order chi connectivity index (χ1) is 8.06. The Morgan fingerprint density at radius 3 is 2.65 bits per heavy atom. The molecule has 0 radical (unpaired) electrons. The van der Waals surface area contributed by atoms with E-state index in [0.29, 0.717) is 19.3 Å². The Bertz CT molecular complexity index is 358. The summed E-state index contributed by atoms with van der Waals surface area (Å²) in [7, 11) is 1.23. The van der Waals surface area contributed by atoms with Crippen LogP contribution in [-0.2, 0) is 23.9 Å². The SMILES string of the molecule is CCOC(=O)/C=C/C1(C(=O)OC)CCCC1=O. The number of methoxy groups -OCH3 is 1. The van der Waals surface area contributed by atoms with Crippen LogP contribution in [0.1, 0.15) is 26.2 Å². The van der Waals surface area contributed by atoms with Crippen LogP contribution < -0.4 is 0 Å². The summed E-state index contributed by atoms with van der Waals surface area (Å²) in [5, 5.41) is 0. The van der Waals surface area contributed by atoms with Crippen molar-refractivity contribution in [2.24, 2.45) is 5.41 Å². The van der Waals surface area contributed by atoms with Crippen LogP contribution in [0.25, 0.3) is 0 Å². The number of carbonyl (C=O) groups excluding carboxylic acids is 3. The average Bonchev–Trinajstić information content (AvgIpc) is 2.68.